The maximum Gasteiger partial charge on any atom is 0.361 e. The first-order chi connectivity index (χ1) is 14.4. The standard InChI is InChI=1S/C20H22ClN5O4/c1-4-25-11-17(18(24-25)20(28)30-13(2)3)22-19(27)16-8-9-26(23-16)12-29-15-7-5-6-14(21)10-15/h5-11,13H,4,12H2,1-3H3,(H,22,27). The highest BCUT2D eigenvalue weighted by Crippen LogP contribution is 2.18. The number of aromatic nitrogens is 4. The fourth-order valence-electron chi connectivity index (χ4n) is 2.53. The third-order valence-electron chi connectivity index (χ3n) is 3.90. The fraction of sp³-hybridized carbons (Fsp3) is 0.300. The number of aryl methyl sites for hydroxylation is 1. The van der Waals surface area contributed by atoms with E-state index in [4.69, 9.17) is 21.1 Å². The highest BCUT2D eigenvalue weighted by molar-refractivity contribution is 6.30. The summed E-state index contributed by atoms with van der Waals surface area (Å²) in [6.07, 6.45) is 2.89. The zero-order valence-corrected chi connectivity index (χ0v) is 17.6. The van der Waals surface area contributed by atoms with Crippen molar-refractivity contribution in [1.29, 1.82) is 0 Å². The molecule has 2 aromatic heterocycles. The van der Waals surface area contributed by atoms with Crippen LogP contribution in [-0.2, 0) is 18.0 Å². The lowest BCUT2D eigenvalue weighted by Gasteiger charge is -2.08. The summed E-state index contributed by atoms with van der Waals surface area (Å²) in [6.45, 7) is 5.99. The maximum absolute atomic E-state index is 12.6. The Labute approximate surface area is 178 Å². The van der Waals surface area contributed by atoms with Gasteiger partial charge >= 0.3 is 5.97 Å². The monoisotopic (exact) mass is 431 g/mol. The van der Waals surface area contributed by atoms with Crippen LogP contribution in [0.3, 0.4) is 0 Å². The molecule has 1 N–H and O–H groups in total. The molecule has 9 nitrogen and oxygen atoms in total. The highest BCUT2D eigenvalue weighted by atomic mass is 35.5. The highest BCUT2D eigenvalue weighted by Gasteiger charge is 2.22. The molecule has 3 aromatic rings. The Morgan fingerprint density at radius 2 is 2.00 bits per heavy atom. The van der Waals surface area contributed by atoms with Crippen molar-refractivity contribution in [2.75, 3.05) is 5.32 Å². The molecule has 0 bridgehead atoms. The maximum atomic E-state index is 12.6. The van der Waals surface area contributed by atoms with Crippen LogP contribution in [0.2, 0.25) is 5.02 Å². The second-order valence-corrected chi connectivity index (χ2v) is 7.06. The summed E-state index contributed by atoms with van der Waals surface area (Å²) in [5.41, 5.74) is 0.469. The molecular weight excluding hydrogens is 410 g/mol. The summed E-state index contributed by atoms with van der Waals surface area (Å²) in [6, 6.07) is 8.52. The zero-order chi connectivity index (χ0) is 21.7. The average Bonchev–Trinajstić information content (AvgIpc) is 3.33. The molecule has 10 heteroatoms. The summed E-state index contributed by atoms with van der Waals surface area (Å²) in [4.78, 5) is 24.9. The van der Waals surface area contributed by atoms with E-state index in [1.165, 1.54) is 4.68 Å². The number of rotatable bonds is 8. The van der Waals surface area contributed by atoms with E-state index in [2.05, 4.69) is 15.5 Å². The number of carbonyl (C=O) groups excluding carboxylic acids is 2. The quantitative estimate of drug-likeness (QED) is 0.547. The number of benzene rings is 1. The Hall–Kier alpha value is -3.33. The molecule has 0 radical (unpaired) electrons. The van der Waals surface area contributed by atoms with Crippen molar-refractivity contribution in [3.05, 3.63) is 59.1 Å². The largest absolute Gasteiger partial charge is 0.471 e. The molecule has 0 fully saturated rings. The van der Waals surface area contributed by atoms with E-state index >= 15 is 0 Å². The van der Waals surface area contributed by atoms with E-state index in [-0.39, 0.29) is 29.9 Å². The van der Waals surface area contributed by atoms with E-state index in [1.807, 2.05) is 6.92 Å². The molecule has 2 heterocycles. The predicted octanol–water partition coefficient (Wildman–Crippen LogP) is 3.61. The second-order valence-electron chi connectivity index (χ2n) is 6.63. The predicted molar refractivity (Wildman–Crippen MR) is 111 cm³/mol. The molecule has 0 spiro atoms. The average molecular weight is 432 g/mol. The summed E-state index contributed by atoms with van der Waals surface area (Å²) in [7, 11) is 0. The van der Waals surface area contributed by atoms with Crippen LogP contribution in [-0.4, -0.2) is 37.5 Å². The Morgan fingerprint density at radius 3 is 2.70 bits per heavy atom. The van der Waals surface area contributed by atoms with Crippen LogP contribution in [0.4, 0.5) is 5.69 Å². The van der Waals surface area contributed by atoms with Crippen molar-refractivity contribution < 1.29 is 19.1 Å². The molecule has 158 valence electrons. The molecule has 1 aromatic carbocycles. The number of amides is 1. The minimum Gasteiger partial charge on any atom is -0.471 e. The number of nitrogens with one attached hydrogen (secondary N) is 1. The van der Waals surface area contributed by atoms with Gasteiger partial charge in [-0.1, -0.05) is 17.7 Å². The molecule has 3 rings (SSSR count). The normalized spacial score (nSPS) is 10.8. The van der Waals surface area contributed by atoms with Crippen LogP contribution < -0.4 is 10.1 Å². The smallest absolute Gasteiger partial charge is 0.361 e. The van der Waals surface area contributed by atoms with Crippen molar-refractivity contribution in [2.45, 2.75) is 40.2 Å². The van der Waals surface area contributed by atoms with Crippen molar-refractivity contribution in [3.63, 3.8) is 0 Å². The van der Waals surface area contributed by atoms with Crippen molar-refractivity contribution >= 4 is 29.2 Å². The van der Waals surface area contributed by atoms with Gasteiger partial charge in [-0.15, -0.1) is 0 Å². The van der Waals surface area contributed by atoms with Crippen LogP contribution in [0.15, 0.2) is 42.7 Å². The molecule has 0 aliphatic rings. The van der Waals surface area contributed by atoms with Gasteiger partial charge in [-0.2, -0.15) is 10.2 Å². The molecule has 0 aliphatic carbocycles. The minimum atomic E-state index is -0.604. The molecule has 0 saturated heterocycles. The van der Waals surface area contributed by atoms with E-state index in [0.29, 0.717) is 17.3 Å². The number of carbonyl (C=O) groups is 2. The van der Waals surface area contributed by atoms with Gasteiger partial charge in [0.1, 0.15) is 5.75 Å². The Kier molecular flexibility index (Phi) is 6.73. The summed E-state index contributed by atoms with van der Waals surface area (Å²) in [5.74, 6) is -0.497. The van der Waals surface area contributed by atoms with E-state index in [1.54, 1.807) is 61.3 Å². The van der Waals surface area contributed by atoms with E-state index < -0.39 is 11.9 Å². The summed E-state index contributed by atoms with van der Waals surface area (Å²) < 4.78 is 13.8. The van der Waals surface area contributed by atoms with Gasteiger partial charge in [0.25, 0.3) is 5.91 Å². The van der Waals surface area contributed by atoms with E-state index in [9.17, 15) is 9.59 Å². The van der Waals surface area contributed by atoms with Crippen LogP contribution in [0, 0.1) is 0 Å². The number of hydrogen-bond donors (Lipinski definition) is 1. The topological polar surface area (TPSA) is 100 Å². The third kappa shape index (κ3) is 5.38. The van der Waals surface area contributed by atoms with Crippen molar-refractivity contribution in [1.82, 2.24) is 19.6 Å². The number of halogens is 1. The first kappa shape index (κ1) is 21.4. The Bertz CT molecular complexity index is 1040. The number of nitrogens with zero attached hydrogens (tertiary/aromatic N) is 4. The molecule has 30 heavy (non-hydrogen) atoms. The van der Waals surface area contributed by atoms with Crippen molar-refractivity contribution in [3.8, 4) is 5.75 Å². The lowest BCUT2D eigenvalue weighted by molar-refractivity contribution is 0.0371. The van der Waals surface area contributed by atoms with Gasteiger partial charge in [0, 0.05) is 24.0 Å². The Morgan fingerprint density at radius 1 is 1.20 bits per heavy atom. The van der Waals surface area contributed by atoms with Gasteiger partial charge in [-0.25, -0.2) is 9.48 Å². The van der Waals surface area contributed by atoms with Crippen LogP contribution >= 0.6 is 11.6 Å². The summed E-state index contributed by atoms with van der Waals surface area (Å²) >= 11 is 5.93. The van der Waals surface area contributed by atoms with Gasteiger partial charge in [0.15, 0.2) is 18.1 Å². The third-order valence-corrected chi connectivity index (χ3v) is 4.14. The molecule has 0 atom stereocenters. The Balaban J connectivity index is 1.68. The SMILES string of the molecule is CCn1cc(NC(=O)c2ccn(COc3cccc(Cl)c3)n2)c(C(=O)OC(C)C)n1. The summed E-state index contributed by atoms with van der Waals surface area (Å²) in [5, 5.41) is 11.6. The van der Waals surface area contributed by atoms with Crippen LogP contribution in [0.25, 0.3) is 0 Å². The first-order valence-electron chi connectivity index (χ1n) is 9.37. The lowest BCUT2D eigenvalue weighted by atomic mass is 10.3. The number of anilines is 1. The number of esters is 1. The molecule has 0 aliphatic heterocycles. The van der Waals surface area contributed by atoms with E-state index in [0.717, 1.165) is 0 Å². The fourth-order valence-corrected chi connectivity index (χ4v) is 2.71. The van der Waals surface area contributed by atoms with Gasteiger partial charge in [0.2, 0.25) is 0 Å². The minimum absolute atomic E-state index is 0.0441. The zero-order valence-electron chi connectivity index (χ0n) is 16.8. The number of hydrogen-bond acceptors (Lipinski definition) is 6. The van der Waals surface area contributed by atoms with Gasteiger partial charge < -0.3 is 14.8 Å². The molecular formula is C20H22ClN5O4. The number of ether oxygens (including phenoxy) is 2. The van der Waals surface area contributed by atoms with Crippen LogP contribution in [0.5, 0.6) is 5.75 Å². The van der Waals surface area contributed by atoms with Crippen LogP contribution in [0.1, 0.15) is 41.7 Å². The van der Waals surface area contributed by atoms with Crippen molar-refractivity contribution in [2.24, 2.45) is 0 Å². The van der Waals surface area contributed by atoms with Gasteiger partial charge in [-0.05, 0) is 45.0 Å². The molecule has 1 amide bonds. The second kappa shape index (κ2) is 9.45. The first-order valence-corrected chi connectivity index (χ1v) is 9.75. The molecule has 0 saturated carbocycles. The molecule has 0 unspecified atom stereocenters. The van der Waals surface area contributed by atoms with Gasteiger partial charge in [0.05, 0.1) is 11.8 Å². The lowest BCUT2D eigenvalue weighted by Crippen LogP contribution is -2.18. The van der Waals surface area contributed by atoms with Gasteiger partial charge in [-0.3, -0.25) is 9.48 Å².